The van der Waals surface area contributed by atoms with E-state index in [1.807, 2.05) is 79.2 Å². The van der Waals surface area contributed by atoms with Gasteiger partial charge in [-0.15, -0.1) is 0 Å². The van der Waals surface area contributed by atoms with Gasteiger partial charge in [-0.05, 0) is 73.6 Å². The van der Waals surface area contributed by atoms with Gasteiger partial charge in [0.25, 0.3) is 11.8 Å². The quantitative estimate of drug-likeness (QED) is 0.100. The van der Waals surface area contributed by atoms with E-state index in [0.29, 0.717) is 65.3 Å². The molecule has 3 amide bonds. The first-order valence-electron chi connectivity index (χ1n) is 18.6. The summed E-state index contributed by atoms with van der Waals surface area (Å²) in [5.74, 6) is 0.0371. The van der Waals surface area contributed by atoms with Crippen molar-refractivity contribution in [1.82, 2.24) is 35.3 Å². The van der Waals surface area contributed by atoms with Gasteiger partial charge < -0.3 is 31.3 Å². The van der Waals surface area contributed by atoms with Gasteiger partial charge in [-0.1, -0.05) is 90.5 Å². The molecule has 1 aliphatic heterocycles. The van der Waals surface area contributed by atoms with Gasteiger partial charge in [0.05, 0.1) is 11.4 Å². The van der Waals surface area contributed by atoms with Gasteiger partial charge in [-0.2, -0.15) is 5.10 Å². The molecule has 6 N–H and O–H groups in total. The standard InChI is InChI=1S/C28H29N7O2.C15H16BNO3/c1-3-23(36)34-13-5-8-22(16-34)35-27-24(26(29)31-17-32-27)25(33-35)20-11-9-19(10-12-20)15-30-28(37)21-7-4-6-18(2)14-21;1-11-3-2-4-13(9-11)15(18)17-10-12-5-7-14(8-6-12)16(19)20/h3-4,6-7,9-12,14,17,22H,1,5,8,13,15-16H2,2H3,(H,30,37)(H2,29,31,32);2-9,19-20H,10H2,1H3,(H,17,18)/t22-;/m1./s1. The van der Waals surface area contributed by atoms with Gasteiger partial charge >= 0.3 is 7.12 Å². The number of likely N-dealkylation sites (tertiary alicyclic amines) is 1. The van der Waals surface area contributed by atoms with Gasteiger partial charge in [0.15, 0.2) is 5.65 Å². The average molecular weight is 765 g/mol. The predicted octanol–water partition coefficient (Wildman–Crippen LogP) is 4.27. The summed E-state index contributed by atoms with van der Waals surface area (Å²) >= 11 is 0. The number of nitrogens with two attached hydrogens (primary N) is 1. The minimum absolute atomic E-state index is 0.0284. The molecule has 0 bridgehead atoms. The number of carbonyl (C=O) groups is 3. The summed E-state index contributed by atoms with van der Waals surface area (Å²) in [6.45, 7) is 9.55. The van der Waals surface area contributed by atoms with E-state index in [0.717, 1.165) is 40.7 Å². The van der Waals surface area contributed by atoms with Crippen molar-refractivity contribution in [1.29, 1.82) is 0 Å². The van der Waals surface area contributed by atoms with Crippen LogP contribution in [0.3, 0.4) is 0 Å². The molecule has 14 heteroatoms. The molecule has 1 atom stereocenters. The highest BCUT2D eigenvalue weighted by Crippen LogP contribution is 2.34. The number of hydrogen-bond donors (Lipinski definition) is 5. The Morgan fingerprint density at radius 3 is 1.98 bits per heavy atom. The number of fused-ring (bicyclic) bond motifs is 1. The molecule has 1 saturated heterocycles. The molecule has 3 heterocycles. The summed E-state index contributed by atoms with van der Waals surface area (Å²) in [6, 6.07) is 29.5. The molecular formula is C43H45BN8O5. The summed E-state index contributed by atoms with van der Waals surface area (Å²) in [6.07, 6.45) is 4.53. The predicted molar refractivity (Wildman–Crippen MR) is 221 cm³/mol. The zero-order chi connectivity index (χ0) is 40.5. The smallest absolute Gasteiger partial charge is 0.423 e. The number of hydrogen-bond acceptors (Lipinski definition) is 9. The maximum Gasteiger partial charge on any atom is 0.488 e. The largest absolute Gasteiger partial charge is 0.488 e. The van der Waals surface area contributed by atoms with Crippen molar-refractivity contribution < 1.29 is 24.4 Å². The molecule has 7 rings (SSSR count). The molecule has 1 aliphatic rings. The Bertz CT molecular complexity index is 2380. The number of aromatic nitrogens is 4. The molecule has 1 fully saturated rings. The van der Waals surface area contributed by atoms with Gasteiger partial charge in [0.2, 0.25) is 5.91 Å². The molecule has 0 spiro atoms. The number of benzene rings is 4. The van der Waals surface area contributed by atoms with Crippen molar-refractivity contribution in [3.8, 4) is 11.3 Å². The van der Waals surface area contributed by atoms with E-state index in [9.17, 15) is 14.4 Å². The van der Waals surface area contributed by atoms with Crippen molar-refractivity contribution >= 4 is 47.2 Å². The average Bonchev–Trinajstić information content (AvgIpc) is 3.63. The highest BCUT2D eigenvalue weighted by Gasteiger charge is 2.28. The number of anilines is 1. The lowest BCUT2D eigenvalue weighted by molar-refractivity contribution is -0.127. The van der Waals surface area contributed by atoms with E-state index < -0.39 is 7.12 Å². The number of piperidine rings is 1. The van der Waals surface area contributed by atoms with Crippen LogP contribution < -0.4 is 21.8 Å². The SMILES string of the molecule is C=CC(=O)N1CCC[C@@H](n2nc(-c3ccc(CNC(=O)c4cccc(C)c4)cc3)c3c(N)ncnc32)C1.Cc1cccc(C(=O)NCc2ccc(B(O)O)cc2)c1. The number of aryl methyl sites for hydroxylation is 2. The van der Waals surface area contributed by atoms with Crippen LogP contribution in [-0.2, 0) is 17.9 Å². The fourth-order valence-electron chi connectivity index (χ4n) is 6.67. The topological polar surface area (TPSA) is 189 Å². The molecule has 13 nitrogen and oxygen atoms in total. The summed E-state index contributed by atoms with van der Waals surface area (Å²) in [7, 11) is -1.47. The molecular weight excluding hydrogens is 719 g/mol. The fraction of sp³-hybridized carbons (Fsp3) is 0.209. The van der Waals surface area contributed by atoms with Gasteiger partial charge in [-0.25, -0.2) is 14.6 Å². The third-order valence-corrected chi connectivity index (χ3v) is 9.72. The van der Waals surface area contributed by atoms with Crippen LogP contribution in [-0.4, -0.2) is 72.6 Å². The Labute approximate surface area is 331 Å². The lowest BCUT2D eigenvalue weighted by Gasteiger charge is -2.32. The Kier molecular flexibility index (Phi) is 12.9. The van der Waals surface area contributed by atoms with Crippen LogP contribution in [0.4, 0.5) is 5.82 Å². The van der Waals surface area contributed by atoms with Crippen LogP contribution >= 0.6 is 0 Å². The molecule has 0 radical (unpaired) electrons. The Hall–Kier alpha value is -6.64. The summed E-state index contributed by atoms with van der Waals surface area (Å²) < 4.78 is 1.88. The molecule has 4 aromatic carbocycles. The fourth-order valence-corrected chi connectivity index (χ4v) is 6.67. The Balaban J connectivity index is 0.000000232. The molecule has 0 unspecified atom stereocenters. The van der Waals surface area contributed by atoms with Crippen molar-refractivity contribution in [2.75, 3.05) is 18.8 Å². The second kappa shape index (κ2) is 18.3. The van der Waals surface area contributed by atoms with E-state index in [1.165, 1.54) is 12.4 Å². The third-order valence-electron chi connectivity index (χ3n) is 9.72. The normalized spacial score (nSPS) is 13.6. The number of amides is 3. The third kappa shape index (κ3) is 9.98. The van der Waals surface area contributed by atoms with Crippen LogP contribution in [0.25, 0.3) is 22.3 Å². The number of nitrogen functional groups attached to an aromatic ring is 1. The van der Waals surface area contributed by atoms with E-state index >= 15 is 0 Å². The first-order chi connectivity index (χ1) is 27.5. The zero-order valence-electron chi connectivity index (χ0n) is 31.9. The Morgan fingerprint density at radius 2 is 1.44 bits per heavy atom. The van der Waals surface area contributed by atoms with Crippen molar-refractivity contribution in [2.24, 2.45) is 0 Å². The number of rotatable bonds is 10. The highest BCUT2D eigenvalue weighted by atomic mass is 16.4. The first-order valence-corrected chi connectivity index (χ1v) is 18.6. The Morgan fingerprint density at radius 1 is 0.860 bits per heavy atom. The second-order valence-electron chi connectivity index (χ2n) is 14.0. The molecule has 2 aromatic heterocycles. The zero-order valence-corrected chi connectivity index (χ0v) is 31.9. The summed E-state index contributed by atoms with van der Waals surface area (Å²) in [5, 5.41) is 29.4. The monoisotopic (exact) mass is 764 g/mol. The van der Waals surface area contributed by atoms with Crippen LogP contribution in [0, 0.1) is 13.8 Å². The minimum Gasteiger partial charge on any atom is -0.423 e. The van der Waals surface area contributed by atoms with E-state index in [1.54, 1.807) is 41.3 Å². The van der Waals surface area contributed by atoms with Crippen LogP contribution in [0.2, 0.25) is 0 Å². The number of nitrogens with one attached hydrogen (secondary N) is 2. The molecule has 0 aliphatic carbocycles. The van der Waals surface area contributed by atoms with Gasteiger partial charge in [-0.3, -0.25) is 14.4 Å². The highest BCUT2D eigenvalue weighted by molar-refractivity contribution is 6.58. The van der Waals surface area contributed by atoms with Gasteiger partial charge in [0, 0.05) is 42.9 Å². The van der Waals surface area contributed by atoms with Crippen molar-refractivity contribution in [3.05, 3.63) is 149 Å². The second-order valence-corrected chi connectivity index (χ2v) is 14.0. The summed E-state index contributed by atoms with van der Waals surface area (Å²) in [5.41, 5.74) is 14.1. The van der Waals surface area contributed by atoms with E-state index in [-0.39, 0.29) is 23.8 Å². The lowest BCUT2D eigenvalue weighted by Crippen LogP contribution is -2.40. The summed E-state index contributed by atoms with van der Waals surface area (Å²) in [4.78, 5) is 47.2. The van der Waals surface area contributed by atoms with Crippen molar-refractivity contribution in [3.63, 3.8) is 0 Å². The van der Waals surface area contributed by atoms with E-state index in [4.69, 9.17) is 20.9 Å². The molecule has 6 aromatic rings. The number of nitrogens with zero attached hydrogens (tertiary/aromatic N) is 5. The minimum atomic E-state index is -1.47. The molecule has 290 valence electrons. The number of carbonyl (C=O) groups excluding carboxylic acids is 3. The van der Waals surface area contributed by atoms with Gasteiger partial charge in [0.1, 0.15) is 17.8 Å². The molecule has 57 heavy (non-hydrogen) atoms. The maximum atomic E-state index is 12.5. The van der Waals surface area contributed by atoms with Crippen LogP contribution in [0.5, 0.6) is 0 Å². The van der Waals surface area contributed by atoms with Crippen molar-refractivity contribution in [2.45, 2.75) is 45.8 Å². The molecule has 0 saturated carbocycles. The van der Waals surface area contributed by atoms with Crippen LogP contribution in [0.15, 0.2) is 116 Å². The van der Waals surface area contributed by atoms with E-state index in [2.05, 4.69) is 27.2 Å². The maximum absolute atomic E-state index is 12.5. The lowest BCUT2D eigenvalue weighted by atomic mass is 9.80. The van der Waals surface area contributed by atoms with Crippen LogP contribution in [0.1, 0.15) is 61.9 Å². The first kappa shape index (κ1) is 40.0.